The lowest BCUT2D eigenvalue weighted by atomic mass is 9.78. The fourth-order valence-electron chi connectivity index (χ4n) is 4.45. The van der Waals surface area contributed by atoms with Crippen LogP contribution >= 0.6 is 0 Å². The third-order valence-corrected chi connectivity index (χ3v) is 5.97. The zero-order chi connectivity index (χ0) is 21.5. The molecule has 0 saturated carbocycles. The molecular formula is C23H22N4O4. The number of hydrogen-bond donors (Lipinski definition) is 2. The Bertz CT molecular complexity index is 1180. The first-order valence-corrected chi connectivity index (χ1v) is 10.0. The van der Waals surface area contributed by atoms with Gasteiger partial charge in [-0.25, -0.2) is 4.68 Å². The molecule has 31 heavy (non-hydrogen) atoms. The summed E-state index contributed by atoms with van der Waals surface area (Å²) in [6, 6.07) is 12.5. The van der Waals surface area contributed by atoms with E-state index in [1.165, 1.54) is 13.4 Å². The number of aromatic hydroxyl groups is 1. The summed E-state index contributed by atoms with van der Waals surface area (Å²) >= 11 is 0. The molecule has 2 heterocycles. The summed E-state index contributed by atoms with van der Waals surface area (Å²) in [5.41, 5.74) is 3.34. The van der Waals surface area contributed by atoms with E-state index in [4.69, 9.17) is 9.47 Å². The van der Waals surface area contributed by atoms with Gasteiger partial charge in [0.2, 0.25) is 5.95 Å². The van der Waals surface area contributed by atoms with Gasteiger partial charge in [-0.1, -0.05) is 18.2 Å². The maximum atomic E-state index is 13.4. The number of phenols is 1. The van der Waals surface area contributed by atoms with E-state index in [2.05, 4.69) is 15.4 Å². The molecule has 3 aromatic rings. The Balaban J connectivity index is 1.56. The molecule has 8 nitrogen and oxygen atoms in total. The number of ketones is 1. The third-order valence-electron chi connectivity index (χ3n) is 5.97. The van der Waals surface area contributed by atoms with Crippen LogP contribution in [0.1, 0.15) is 35.9 Å². The van der Waals surface area contributed by atoms with Crippen LogP contribution in [0.5, 0.6) is 17.2 Å². The van der Waals surface area contributed by atoms with Crippen molar-refractivity contribution < 1.29 is 19.4 Å². The SMILES string of the molecule is COc1ccc([C@H]2CC(=O)C3=C(C2)Nc2ncnn2[C@@H]3c2ccc(OC)c(O)c2)cc1. The second-order valence-electron chi connectivity index (χ2n) is 7.68. The van der Waals surface area contributed by atoms with Gasteiger partial charge in [-0.15, -0.1) is 0 Å². The minimum atomic E-state index is -0.463. The van der Waals surface area contributed by atoms with Crippen LogP contribution in [-0.4, -0.2) is 39.9 Å². The molecule has 2 aromatic carbocycles. The van der Waals surface area contributed by atoms with Gasteiger partial charge in [0, 0.05) is 17.7 Å². The van der Waals surface area contributed by atoms with Crippen LogP contribution < -0.4 is 14.8 Å². The molecule has 0 radical (unpaired) electrons. The number of hydrogen-bond acceptors (Lipinski definition) is 7. The van der Waals surface area contributed by atoms with Crippen molar-refractivity contribution in [2.75, 3.05) is 19.5 Å². The monoisotopic (exact) mass is 418 g/mol. The predicted octanol–water partition coefficient (Wildman–Crippen LogP) is 3.42. The molecule has 2 N–H and O–H groups in total. The Morgan fingerprint density at radius 3 is 2.55 bits per heavy atom. The molecule has 2 atom stereocenters. The Hall–Kier alpha value is -3.81. The molecule has 0 spiro atoms. The van der Waals surface area contributed by atoms with E-state index in [9.17, 15) is 9.90 Å². The largest absolute Gasteiger partial charge is 0.504 e. The van der Waals surface area contributed by atoms with Crippen molar-refractivity contribution in [3.05, 3.63) is 71.2 Å². The minimum absolute atomic E-state index is 0.0155. The molecule has 1 aromatic heterocycles. The molecule has 158 valence electrons. The highest BCUT2D eigenvalue weighted by atomic mass is 16.5. The molecule has 2 aliphatic rings. The number of nitrogens with zero attached hydrogens (tertiary/aromatic N) is 3. The molecule has 0 saturated heterocycles. The van der Waals surface area contributed by atoms with E-state index in [0.29, 0.717) is 30.1 Å². The number of carbonyl (C=O) groups is 1. The van der Waals surface area contributed by atoms with Crippen LogP contribution in [-0.2, 0) is 4.79 Å². The van der Waals surface area contributed by atoms with Crippen LogP contribution in [0.4, 0.5) is 5.95 Å². The van der Waals surface area contributed by atoms with Crippen molar-refractivity contribution in [1.82, 2.24) is 14.8 Å². The first-order valence-electron chi connectivity index (χ1n) is 10.0. The number of aromatic nitrogens is 3. The summed E-state index contributed by atoms with van der Waals surface area (Å²) in [4.78, 5) is 17.7. The normalized spacial score (nSPS) is 20.0. The van der Waals surface area contributed by atoms with Gasteiger partial charge in [0.15, 0.2) is 17.3 Å². The quantitative estimate of drug-likeness (QED) is 0.670. The van der Waals surface area contributed by atoms with E-state index in [1.54, 1.807) is 23.9 Å². The summed E-state index contributed by atoms with van der Waals surface area (Å²) in [6.07, 6.45) is 2.54. The van der Waals surface area contributed by atoms with Crippen molar-refractivity contribution in [3.8, 4) is 17.2 Å². The molecule has 0 bridgehead atoms. The number of benzene rings is 2. The van der Waals surface area contributed by atoms with Gasteiger partial charge in [-0.3, -0.25) is 4.79 Å². The van der Waals surface area contributed by atoms with E-state index in [-0.39, 0.29) is 17.5 Å². The number of methoxy groups -OCH3 is 2. The third kappa shape index (κ3) is 3.20. The first-order chi connectivity index (χ1) is 15.1. The number of fused-ring (bicyclic) bond motifs is 1. The van der Waals surface area contributed by atoms with Gasteiger partial charge in [0.25, 0.3) is 0 Å². The molecule has 0 unspecified atom stereocenters. The summed E-state index contributed by atoms with van der Waals surface area (Å²) in [5.74, 6) is 1.86. The smallest absolute Gasteiger partial charge is 0.226 e. The molecular weight excluding hydrogens is 396 g/mol. The van der Waals surface area contributed by atoms with Crippen LogP contribution in [0.25, 0.3) is 0 Å². The van der Waals surface area contributed by atoms with E-state index in [0.717, 1.165) is 22.6 Å². The topological polar surface area (TPSA) is 98.5 Å². The van der Waals surface area contributed by atoms with Crippen LogP contribution in [0, 0.1) is 0 Å². The number of ether oxygens (including phenoxy) is 2. The number of phenolic OH excluding ortho intramolecular Hbond substituents is 1. The highest BCUT2D eigenvalue weighted by Crippen LogP contribution is 2.45. The Kier molecular flexibility index (Phi) is 4.62. The Labute approximate surface area is 179 Å². The fraction of sp³-hybridized carbons (Fsp3) is 0.261. The van der Waals surface area contributed by atoms with Crippen LogP contribution in [0.3, 0.4) is 0 Å². The number of nitrogens with one attached hydrogen (secondary N) is 1. The van der Waals surface area contributed by atoms with Gasteiger partial charge in [-0.2, -0.15) is 10.1 Å². The fourth-order valence-corrected chi connectivity index (χ4v) is 4.45. The van der Waals surface area contributed by atoms with Crippen molar-refractivity contribution in [1.29, 1.82) is 0 Å². The highest BCUT2D eigenvalue weighted by Gasteiger charge is 2.39. The number of rotatable bonds is 4. The van der Waals surface area contributed by atoms with Gasteiger partial charge in [-0.05, 0) is 47.7 Å². The summed E-state index contributed by atoms with van der Waals surface area (Å²) < 4.78 is 12.1. The van der Waals surface area contributed by atoms with E-state index >= 15 is 0 Å². The van der Waals surface area contributed by atoms with Crippen LogP contribution in [0.15, 0.2) is 60.1 Å². The molecule has 0 amide bonds. The van der Waals surface area contributed by atoms with Gasteiger partial charge in [0.05, 0.1) is 14.2 Å². The summed E-state index contributed by atoms with van der Waals surface area (Å²) in [5, 5.41) is 18.0. The van der Waals surface area contributed by atoms with E-state index < -0.39 is 6.04 Å². The average molecular weight is 418 g/mol. The Morgan fingerprint density at radius 1 is 1.06 bits per heavy atom. The van der Waals surface area contributed by atoms with Gasteiger partial charge >= 0.3 is 0 Å². The summed E-state index contributed by atoms with van der Waals surface area (Å²) in [6.45, 7) is 0. The lowest BCUT2D eigenvalue weighted by Crippen LogP contribution is -2.33. The average Bonchev–Trinajstić information content (AvgIpc) is 3.25. The maximum absolute atomic E-state index is 13.4. The number of Topliss-reactive ketones (excluding diaryl/α,β-unsaturated/α-hetero) is 1. The molecule has 5 rings (SSSR count). The highest BCUT2D eigenvalue weighted by molar-refractivity contribution is 6.00. The molecule has 0 fully saturated rings. The standard InChI is InChI=1S/C23H22N4O4/c1-30-16-6-3-13(4-7-16)15-9-17-21(19(29)11-15)22(27-23(26-17)24-12-25-27)14-5-8-20(31-2)18(28)10-14/h3-8,10,12,15,22,28H,9,11H2,1-2H3,(H,24,25,26)/t15-,22-/m1/s1. The van der Waals surface area contributed by atoms with E-state index in [1.807, 2.05) is 30.3 Å². The maximum Gasteiger partial charge on any atom is 0.226 e. The molecule has 1 aliphatic carbocycles. The van der Waals surface area contributed by atoms with Crippen molar-refractivity contribution in [2.45, 2.75) is 24.8 Å². The number of anilines is 1. The van der Waals surface area contributed by atoms with Crippen molar-refractivity contribution in [3.63, 3.8) is 0 Å². The van der Waals surface area contributed by atoms with Crippen molar-refractivity contribution in [2.24, 2.45) is 0 Å². The van der Waals surface area contributed by atoms with Crippen LogP contribution in [0.2, 0.25) is 0 Å². The van der Waals surface area contributed by atoms with Gasteiger partial charge in [0.1, 0.15) is 18.1 Å². The zero-order valence-corrected chi connectivity index (χ0v) is 17.2. The lowest BCUT2D eigenvalue weighted by molar-refractivity contribution is -0.116. The van der Waals surface area contributed by atoms with Gasteiger partial charge < -0.3 is 19.9 Å². The lowest BCUT2D eigenvalue weighted by Gasteiger charge is -2.35. The Morgan fingerprint density at radius 2 is 1.84 bits per heavy atom. The molecule has 8 heteroatoms. The summed E-state index contributed by atoms with van der Waals surface area (Å²) in [7, 11) is 3.13. The second kappa shape index (κ2) is 7.46. The predicted molar refractivity (Wildman–Crippen MR) is 113 cm³/mol. The number of allylic oxidation sites excluding steroid dienone is 2. The number of carbonyl (C=O) groups excluding carboxylic acids is 1. The zero-order valence-electron chi connectivity index (χ0n) is 17.2. The van der Waals surface area contributed by atoms with Crippen molar-refractivity contribution >= 4 is 11.7 Å². The minimum Gasteiger partial charge on any atom is -0.504 e. The second-order valence-corrected chi connectivity index (χ2v) is 7.68. The molecule has 1 aliphatic heterocycles. The first kappa shape index (κ1) is 19.2.